The number of rotatable bonds is 3. The zero-order chi connectivity index (χ0) is 20.1. The van der Waals surface area contributed by atoms with Crippen molar-refractivity contribution in [1.82, 2.24) is 14.6 Å². The second kappa shape index (κ2) is 6.88. The Labute approximate surface area is 178 Å². The molecular formula is C20H12Cl2N4O2S. The standard InChI is InChI=1S/C20H12Cl2N4O2S/c1-10-12-4-2-3-5-16(12)28-17(10)18(27)23-19-24-20-26(25-19)15(9-29-20)13-7-6-11(21)8-14(13)22/h2-9H,1H3,(H,23,25,27). The van der Waals surface area contributed by atoms with Gasteiger partial charge in [-0.25, -0.2) is 4.52 Å². The number of halogens is 2. The van der Waals surface area contributed by atoms with E-state index >= 15 is 0 Å². The highest BCUT2D eigenvalue weighted by Crippen LogP contribution is 2.33. The Hall–Kier alpha value is -2.87. The number of benzene rings is 2. The molecule has 0 aliphatic heterocycles. The van der Waals surface area contributed by atoms with Crippen molar-refractivity contribution in [2.75, 3.05) is 5.32 Å². The fourth-order valence-electron chi connectivity index (χ4n) is 3.17. The minimum atomic E-state index is -0.400. The van der Waals surface area contributed by atoms with Crippen LogP contribution < -0.4 is 5.32 Å². The Balaban J connectivity index is 1.49. The third-order valence-corrected chi connectivity index (χ3v) is 5.93. The molecule has 0 fully saturated rings. The van der Waals surface area contributed by atoms with Crippen LogP contribution in [0, 0.1) is 6.92 Å². The molecule has 6 nitrogen and oxygen atoms in total. The highest BCUT2D eigenvalue weighted by Gasteiger charge is 2.20. The van der Waals surface area contributed by atoms with Crippen LogP contribution >= 0.6 is 34.5 Å². The molecular weight excluding hydrogens is 431 g/mol. The minimum absolute atomic E-state index is 0.188. The monoisotopic (exact) mass is 442 g/mol. The smallest absolute Gasteiger partial charge is 0.294 e. The number of nitrogens with one attached hydrogen (secondary N) is 1. The van der Waals surface area contributed by atoms with E-state index in [9.17, 15) is 4.79 Å². The maximum absolute atomic E-state index is 12.7. The number of para-hydroxylation sites is 1. The molecule has 0 bridgehead atoms. The van der Waals surface area contributed by atoms with Gasteiger partial charge in [-0.3, -0.25) is 10.1 Å². The molecule has 3 aromatic heterocycles. The third-order valence-electron chi connectivity index (χ3n) is 4.56. The Kier molecular flexibility index (Phi) is 4.31. The molecule has 1 amide bonds. The largest absolute Gasteiger partial charge is 0.451 e. The molecule has 144 valence electrons. The predicted octanol–water partition coefficient (Wildman–Crippen LogP) is 6.07. The number of amides is 1. The van der Waals surface area contributed by atoms with Crippen LogP contribution in [-0.4, -0.2) is 20.5 Å². The van der Waals surface area contributed by atoms with Crippen LogP contribution in [0.1, 0.15) is 16.1 Å². The molecule has 29 heavy (non-hydrogen) atoms. The number of hydrogen-bond donors (Lipinski definition) is 1. The number of furan rings is 1. The van der Waals surface area contributed by atoms with E-state index in [1.807, 2.05) is 42.6 Å². The van der Waals surface area contributed by atoms with Gasteiger partial charge in [-0.1, -0.05) is 41.4 Å². The first-order valence-electron chi connectivity index (χ1n) is 8.60. The molecule has 9 heteroatoms. The average molecular weight is 443 g/mol. The van der Waals surface area contributed by atoms with E-state index in [1.54, 1.807) is 16.6 Å². The number of fused-ring (bicyclic) bond motifs is 2. The van der Waals surface area contributed by atoms with Gasteiger partial charge in [-0.15, -0.1) is 16.4 Å². The van der Waals surface area contributed by atoms with Crippen molar-refractivity contribution < 1.29 is 9.21 Å². The Morgan fingerprint density at radius 1 is 1.21 bits per heavy atom. The van der Waals surface area contributed by atoms with Gasteiger partial charge in [0.1, 0.15) is 5.58 Å². The zero-order valence-corrected chi connectivity index (χ0v) is 17.3. The molecule has 0 unspecified atom stereocenters. The topological polar surface area (TPSA) is 72.4 Å². The number of aromatic nitrogens is 3. The molecule has 2 aromatic carbocycles. The van der Waals surface area contributed by atoms with Gasteiger partial charge in [0.15, 0.2) is 5.76 Å². The van der Waals surface area contributed by atoms with E-state index in [0.29, 0.717) is 20.6 Å². The lowest BCUT2D eigenvalue weighted by atomic mass is 10.1. The highest BCUT2D eigenvalue weighted by molar-refractivity contribution is 7.15. The molecule has 3 heterocycles. The number of aryl methyl sites for hydroxylation is 1. The van der Waals surface area contributed by atoms with Gasteiger partial charge in [-0.2, -0.15) is 4.98 Å². The van der Waals surface area contributed by atoms with Crippen molar-refractivity contribution in [3.05, 3.63) is 69.2 Å². The molecule has 5 rings (SSSR count). The van der Waals surface area contributed by atoms with Gasteiger partial charge in [0.2, 0.25) is 4.96 Å². The number of hydrogen-bond acceptors (Lipinski definition) is 5. The number of nitrogens with zero attached hydrogens (tertiary/aromatic N) is 3. The zero-order valence-electron chi connectivity index (χ0n) is 14.9. The minimum Gasteiger partial charge on any atom is -0.451 e. The van der Waals surface area contributed by atoms with Gasteiger partial charge in [-0.05, 0) is 31.2 Å². The van der Waals surface area contributed by atoms with Crippen LogP contribution in [0.3, 0.4) is 0 Å². The number of carbonyl (C=O) groups excluding carboxylic acids is 1. The lowest BCUT2D eigenvalue weighted by molar-refractivity contribution is 0.0997. The van der Waals surface area contributed by atoms with Crippen molar-refractivity contribution in [3.8, 4) is 11.3 Å². The second-order valence-corrected chi connectivity index (χ2v) is 8.06. The molecule has 0 aliphatic carbocycles. The molecule has 0 spiro atoms. The van der Waals surface area contributed by atoms with Crippen LogP contribution in [-0.2, 0) is 0 Å². The Morgan fingerprint density at radius 3 is 2.83 bits per heavy atom. The van der Waals surface area contributed by atoms with Crippen molar-refractivity contribution in [3.63, 3.8) is 0 Å². The van der Waals surface area contributed by atoms with E-state index < -0.39 is 5.91 Å². The van der Waals surface area contributed by atoms with Gasteiger partial charge in [0.25, 0.3) is 11.9 Å². The quantitative estimate of drug-likeness (QED) is 0.367. The van der Waals surface area contributed by atoms with E-state index in [-0.39, 0.29) is 11.7 Å². The molecule has 0 saturated carbocycles. The summed E-state index contributed by atoms with van der Waals surface area (Å²) in [5, 5.41) is 11.0. The van der Waals surface area contributed by atoms with Crippen molar-refractivity contribution in [2.45, 2.75) is 6.92 Å². The first-order valence-corrected chi connectivity index (χ1v) is 10.2. The van der Waals surface area contributed by atoms with Crippen LogP contribution in [0.5, 0.6) is 0 Å². The molecule has 0 aliphatic rings. The SMILES string of the molecule is Cc1c(C(=O)Nc2nc3scc(-c4ccc(Cl)cc4Cl)n3n2)oc2ccccc12. The maximum atomic E-state index is 12.7. The summed E-state index contributed by atoms with van der Waals surface area (Å²) in [6, 6.07) is 12.8. The van der Waals surface area contributed by atoms with Gasteiger partial charge >= 0.3 is 0 Å². The lowest BCUT2D eigenvalue weighted by Gasteiger charge is -2.02. The van der Waals surface area contributed by atoms with Gasteiger partial charge < -0.3 is 4.42 Å². The van der Waals surface area contributed by atoms with Crippen LogP contribution in [0.4, 0.5) is 5.95 Å². The van der Waals surface area contributed by atoms with E-state index in [4.69, 9.17) is 27.6 Å². The summed E-state index contributed by atoms with van der Waals surface area (Å²) in [5.41, 5.74) is 2.97. The number of carbonyl (C=O) groups is 1. The van der Waals surface area contributed by atoms with Crippen LogP contribution in [0.2, 0.25) is 10.0 Å². The summed E-state index contributed by atoms with van der Waals surface area (Å²) in [6.45, 7) is 1.85. The van der Waals surface area contributed by atoms with Crippen molar-refractivity contribution in [1.29, 1.82) is 0 Å². The van der Waals surface area contributed by atoms with Crippen molar-refractivity contribution >= 4 is 62.3 Å². The number of anilines is 1. The van der Waals surface area contributed by atoms with Crippen molar-refractivity contribution in [2.24, 2.45) is 0 Å². The third kappa shape index (κ3) is 3.07. The first-order chi connectivity index (χ1) is 14.0. The van der Waals surface area contributed by atoms with E-state index in [2.05, 4.69) is 15.4 Å². The van der Waals surface area contributed by atoms with E-state index in [0.717, 1.165) is 22.2 Å². The number of thiazole rings is 1. The Morgan fingerprint density at radius 2 is 2.03 bits per heavy atom. The molecule has 0 saturated heterocycles. The summed E-state index contributed by atoms with van der Waals surface area (Å²) in [4.78, 5) is 17.7. The Bertz CT molecular complexity index is 1400. The van der Waals surface area contributed by atoms with Crippen LogP contribution in [0.25, 0.3) is 27.2 Å². The molecule has 0 radical (unpaired) electrons. The average Bonchev–Trinajstić information content (AvgIpc) is 3.35. The summed E-state index contributed by atoms with van der Waals surface area (Å²) >= 11 is 13.7. The second-order valence-electron chi connectivity index (χ2n) is 6.38. The molecule has 1 N–H and O–H groups in total. The summed E-state index contributed by atoms with van der Waals surface area (Å²) < 4.78 is 7.35. The van der Waals surface area contributed by atoms with Crippen LogP contribution in [0.15, 0.2) is 52.3 Å². The summed E-state index contributed by atoms with van der Waals surface area (Å²) in [5.74, 6) is 0.0291. The molecule has 0 atom stereocenters. The lowest BCUT2D eigenvalue weighted by Crippen LogP contribution is -2.13. The first kappa shape index (κ1) is 18.2. The van der Waals surface area contributed by atoms with Gasteiger partial charge in [0.05, 0.1) is 10.7 Å². The maximum Gasteiger partial charge on any atom is 0.294 e. The van der Waals surface area contributed by atoms with E-state index in [1.165, 1.54) is 11.3 Å². The predicted molar refractivity (Wildman–Crippen MR) is 115 cm³/mol. The fraction of sp³-hybridized carbons (Fsp3) is 0.0500. The molecule has 5 aromatic rings. The van der Waals surface area contributed by atoms with Gasteiger partial charge in [0, 0.05) is 26.9 Å². The highest BCUT2D eigenvalue weighted by atomic mass is 35.5. The summed E-state index contributed by atoms with van der Waals surface area (Å²) in [7, 11) is 0. The summed E-state index contributed by atoms with van der Waals surface area (Å²) in [6.07, 6.45) is 0. The normalized spacial score (nSPS) is 11.4. The fourth-order valence-corrected chi connectivity index (χ4v) is 4.49.